The average Bonchev–Trinajstić information content (AvgIpc) is 2.87. The molecule has 0 spiro atoms. The maximum atomic E-state index is 5.49. The standard InChI is InChI=1S/C23H30N8O2/c1-17-2-3-18-19(4-5-24-20(18)16-17)25-6-7-26-21-27-22(30-8-12-32-13-9-30)29-23(28-21)31-10-14-33-15-11-31/h2-5,16H,6-15H2,1H3,(H,24,25)(H,26,27,28,29). The molecule has 2 saturated heterocycles. The molecular weight excluding hydrogens is 420 g/mol. The predicted octanol–water partition coefficient (Wildman–Crippen LogP) is 1.93. The van der Waals surface area contributed by atoms with Crippen molar-refractivity contribution in [2.75, 3.05) is 86.1 Å². The first-order valence-electron chi connectivity index (χ1n) is 11.5. The van der Waals surface area contributed by atoms with Crippen LogP contribution >= 0.6 is 0 Å². The Balaban J connectivity index is 1.27. The van der Waals surface area contributed by atoms with Gasteiger partial charge in [0.25, 0.3) is 0 Å². The molecule has 2 aliphatic rings. The third-order valence-electron chi connectivity index (χ3n) is 5.82. The third-order valence-corrected chi connectivity index (χ3v) is 5.82. The van der Waals surface area contributed by atoms with E-state index in [0.29, 0.717) is 50.8 Å². The summed E-state index contributed by atoms with van der Waals surface area (Å²) in [6, 6.07) is 8.33. The van der Waals surface area contributed by atoms with Gasteiger partial charge >= 0.3 is 0 Å². The molecule has 2 fully saturated rings. The average molecular weight is 451 g/mol. The number of hydrogen-bond donors (Lipinski definition) is 2. The molecule has 0 bridgehead atoms. The minimum Gasteiger partial charge on any atom is -0.383 e. The van der Waals surface area contributed by atoms with Gasteiger partial charge in [0.1, 0.15) is 0 Å². The number of morpholine rings is 2. The Labute approximate surface area is 193 Å². The van der Waals surface area contributed by atoms with Crippen LogP contribution in [0.5, 0.6) is 0 Å². The van der Waals surface area contributed by atoms with E-state index in [1.807, 2.05) is 12.3 Å². The highest BCUT2D eigenvalue weighted by Gasteiger charge is 2.20. The lowest BCUT2D eigenvalue weighted by Crippen LogP contribution is -2.40. The van der Waals surface area contributed by atoms with E-state index in [0.717, 1.165) is 49.3 Å². The fourth-order valence-electron chi connectivity index (χ4n) is 4.03. The smallest absolute Gasteiger partial charge is 0.232 e. The Bertz CT molecular complexity index is 1050. The Kier molecular flexibility index (Phi) is 6.63. The van der Waals surface area contributed by atoms with E-state index < -0.39 is 0 Å². The zero-order chi connectivity index (χ0) is 22.5. The first-order valence-corrected chi connectivity index (χ1v) is 11.5. The summed E-state index contributed by atoms with van der Waals surface area (Å²) in [6.45, 7) is 9.33. The number of hydrogen-bond acceptors (Lipinski definition) is 10. The van der Waals surface area contributed by atoms with E-state index in [1.165, 1.54) is 5.56 Å². The van der Waals surface area contributed by atoms with Crippen molar-refractivity contribution >= 4 is 34.4 Å². The molecule has 2 aromatic heterocycles. The van der Waals surface area contributed by atoms with E-state index in [9.17, 15) is 0 Å². The molecular formula is C23H30N8O2. The van der Waals surface area contributed by atoms with Crippen molar-refractivity contribution in [1.82, 2.24) is 19.9 Å². The second kappa shape index (κ2) is 10.1. The molecule has 10 heteroatoms. The van der Waals surface area contributed by atoms with Gasteiger partial charge in [0.05, 0.1) is 31.9 Å². The largest absolute Gasteiger partial charge is 0.383 e. The molecule has 0 radical (unpaired) electrons. The lowest BCUT2D eigenvalue weighted by Gasteiger charge is -2.30. The summed E-state index contributed by atoms with van der Waals surface area (Å²) in [5, 5.41) is 8.00. The van der Waals surface area contributed by atoms with E-state index in [2.05, 4.69) is 50.5 Å². The van der Waals surface area contributed by atoms with Crippen molar-refractivity contribution < 1.29 is 9.47 Å². The normalized spacial score (nSPS) is 16.8. The van der Waals surface area contributed by atoms with Gasteiger partial charge in [-0.1, -0.05) is 12.1 Å². The van der Waals surface area contributed by atoms with Gasteiger partial charge in [-0.2, -0.15) is 15.0 Å². The summed E-state index contributed by atoms with van der Waals surface area (Å²) in [7, 11) is 0. The SMILES string of the molecule is Cc1ccc2c(NCCNc3nc(N4CCOCC4)nc(N4CCOCC4)n3)ccnc2c1. The monoisotopic (exact) mass is 450 g/mol. The number of fused-ring (bicyclic) bond motifs is 1. The van der Waals surface area contributed by atoms with Crippen LogP contribution in [0.4, 0.5) is 23.5 Å². The lowest BCUT2D eigenvalue weighted by molar-refractivity contribution is 0.121. The number of rotatable bonds is 7. The van der Waals surface area contributed by atoms with Gasteiger partial charge in [0, 0.05) is 56.5 Å². The van der Waals surface area contributed by atoms with Crippen molar-refractivity contribution in [3.63, 3.8) is 0 Å². The van der Waals surface area contributed by atoms with Gasteiger partial charge in [-0.05, 0) is 24.6 Å². The second-order valence-corrected chi connectivity index (χ2v) is 8.19. The van der Waals surface area contributed by atoms with Gasteiger partial charge in [-0.3, -0.25) is 4.98 Å². The first kappa shape index (κ1) is 21.6. The number of aromatic nitrogens is 4. The number of anilines is 4. The topological polar surface area (TPSA) is 101 Å². The van der Waals surface area contributed by atoms with Gasteiger partial charge in [0.2, 0.25) is 17.8 Å². The van der Waals surface area contributed by atoms with Crippen molar-refractivity contribution in [3.05, 3.63) is 36.0 Å². The van der Waals surface area contributed by atoms with Crippen molar-refractivity contribution in [1.29, 1.82) is 0 Å². The van der Waals surface area contributed by atoms with Gasteiger partial charge in [0.15, 0.2) is 0 Å². The van der Waals surface area contributed by atoms with Crippen LogP contribution in [0.1, 0.15) is 5.56 Å². The van der Waals surface area contributed by atoms with Crippen LogP contribution in [-0.2, 0) is 9.47 Å². The summed E-state index contributed by atoms with van der Waals surface area (Å²) < 4.78 is 11.0. The van der Waals surface area contributed by atoms with Crippen molar-refractivity contribution in [2.45, 2.75) is 6.92 Å². The first-order chi connectivity index (χ1) is 16.3. The molecule has 0 saturated carbocycles. The maximum Gasteiger partial charge on any atom is 0.232 e. The molecule has 2 N–H and O–H groups in total. The molecule has 0 aliphatic carbocycles. The molecule has 174 valence electrons. The Hall–Kier alpha value is -3.24. The van der Waals surface area contributed by atoms with Crippen LogP contribution in [0.25, 0.3) is 10.9 Å². The molecule has 1 aromatic carbocycles. The molecule has 4 heterocycles. The van der Waals surface area contributed by atoms with Crippen LogP contribution in [0.3, 0.4) is 0 Å². The Morgan fingerprint density at radius 1 is 0.818 bits per heavy atom. The van der Waals surface area contributed by atoms with Crippen LogP contribution < -0.4 is 20.4 Å². The molecule has 0 unspecified atom stereocenters. The van der Waals surface area contributed by atoms with Crippen molar-refractivity contribution in [2.24, 2.45) is 0 Å². The minimum absolute atomic E-state index is 0.588. The molecule has 10 nitrogen and oxygen atoms in total. The van der Waals surface area contributed by atoms with Crippen LogP contribution in [0.15, 0.2) is 30.5 Å². The minimum atomic E-state index is 0.588. The molecule has 33 heavy (non-hydrogen) atoms. The van der Waals surface area contributed by atoms with Gasteiger partial charge in [-0.15, -0.1) is 0 Å². The predicted molar refractivity (Wildman–Crippen MR) is 129 cm³/mol. The third kappa shape index (κ3) is 5.23. The summed E-state index contributed by atoms with van der Waals surface area (Å²) in [4.78, 5) is 22.9. The zero-order valence-electron chi connectivity index (χ0n) is 19.0. The summed E-state index contributed by atoms with van der Waals surface area (Å²) in [6.07, 6.45) is 1.84. The number of ether oxygens (including phenoxy) is 2. The van der Waals surface area contributed by atoms with E-state index in [4.69, 9.17) is 24.4 Å². The molecule has 2 aliphatic heterocycles. The van der Waals surface area contributed by atoms with E-state index >= 15 is 0 Å². The van der Waals surface area contributed by atoms with Gasteiger partial charge < -0.3 is 29.9 Å². The number of benzene rings is 1. The van der Waals surface area contributed by atoms with Crippen LogP contribution in [-0.4, -0.2) is 85.6 Å². The Morgan fingerprint density at radius 2 is 1.45 bits per heavy atom. The van der Waals surface area contributed by atoms with Gasteiger partial charge in [-0.25, -0.2) is 0 Å². The molecule has 5 rings (SSSR count). The summed E-state index contributed by atoms with van der Waals surface area (Å²) >= 11 is 0. The highest BCUT2D eigenvalue weighted by Crippen LogP contribution is 2.22. The number of nitrogens with zero attached hydrogens (tertiary/aromatic N) is 6. The number of aryl methyl sites for hydroxylation is 1. The number of pyridine rings is 1. The molecule has 0 atom stereocenters. The molecule has 0 amide bonds. The van der Waals surface area contributed by atoms with Crippen LogP contribution in [0, 0.1) is 6.92 Å². The van der Waals surface area contributed by atoms with Crippen molar-refractivity contribution in [3.8, 4) is 0 Å². The van der Waals surface area contributed by atoms with E-state index in [1.54, 1.807) is 0 Å². The quantitative estimate of drug-likeness (QED) is 0.519. The highest BCUT2D eigenvalue weighted by atomic mass is 16.5. The second-order valence-electron chi connectivity index (χ2n) is 8.19. The highest BCUT2D eigenvalue weighted by molar-refractivity contribution is 5.91. The lowest BCUT2D eigenvalue weighted by atomic mass is 10.1. The Morgan fingerprint density at radius 3 is 2.12 bits per heavy atom. The fraction of sp³-hybridized carbons (Fsp3) is 0.478. The summed E-state index contributed by atoms with van der Waals surface area (Å²) in [5.74, 6) is 1.98. The van der Waals surface area contributed by atoms with Crippen LogP contribution in [0.2, 0.25) is 0 Å². The summed E-state index contributed by atoms with van der Waals surface area (Å²) in [5.41, 5.74) is 3.27. The molecule has 3 aromatic rings. The zero-order valence-corrected chi connectivity index (χ0v) is 19.0. The maximum absolute atomic E-state index is 5.49. The van der Waals surface area contributed by atoms with E-state index in [-0.39, 0.29) is 0 Å². The number of nitrogens with one attached hydrogen (secondary N) is 2. The fourth-order valence-corrected chi connectivity index (χ4v) is 4.03.